The lowest BCUT2D eigenvalue weighted by atomic mass is 10.3. The van der Waals surface area contributed by atoms with E-state index in [4.69, 9.17) is 0 Å². The van der Waals surface area contributed by atoms with Gasteiger partial charge < -0.3 is 15.4 Å². The summed E-state index contributed by atoms with van der Waals surface area (Å²) in [6.45, 7) is 5.71. The van der Waals surface area contributed by atoms with E-state index in [9.17, 15) is 13.2 Å². The summed E-state index contributed by atoms with van der Waals surface area (Å²) in [5, 5.41) is 6.07. The molecule has 0 spiro atoms. The summed E-state index contributed by atoms with van der Waals surface area (Å²) in [6.07, 6.45) is -1.30. The molecule has 0 unspecified atom stereocenters. The van der Waals surface area contributed by atoms with Crippen molar-refractivity contribution in [3.05, 3.63) is 36.5 Å². The van der Waals surface area contributed by atoms with Crippen LogP contribution in [0.3, 0.4) is 0 Å². The minimum absolute atomic E-state index is 0.0749. The second kappa shape index (κ2) is 8.91. The van der Waals surface area contributed by atoms with E-state index >= 15 is 0 Å². The second-order valence-corrected chi connectivity index (χ2v) is 4.27. The molecule has 0 aliphatic rings. The molecule has 122 valence electrons. The topological polar surface area (TPSA) is 58.5 Å². The average Bonchev–Trinajstić information content (AvgIpc) is 2.48. The molecule has 1 rings (SSSR count). The van der Waals surface area contributed by atoms with Crippen molar-refractivity contribution in [2.24, 2.45) is 4.99 Å². The van der Waals surface area contributed by atoms with Crippen LogP contribution >= 0.6 is 0 Å². The molecular formula is C14H19F3N4O. The highest BCUT2D eigenvalue weighted by Crippen LogP contribution is 2.17. The molecule has 0 saturated carbocycles. The van der Waals surface area contributed by atoms with Crippen LogP contribution in [-0.2, 0) is 6.54 Å². The SMILES string of the molecule is C=CCNC(=NCc1ccnc(OCC(F)(F)F)c1)NCC. The number of pyridine rings is 1. The maximum absolute atomic E-state index is 12.1. The number of rotatable bonds is 7. The van der Waals surface area contributed by atoms with Gasteiger partial charge in [-0.1, -0.05) is 6.08 Å². The standard InChI is InChI=1S/C14H19F3N4O/c1-3-6-20-13(18-4-2)21-9-11-5-7-19-12(8-11)22-10-14(15,16)17/h3,5,7-8H,1,4,6,9-10H2,2H3,(H2,18,20,21). The second-order valence-electron chi connectivity index (χ2n) is 4.27. The van der Waals surface area contributed by atoms with Gasteiger partial charge in [0, 0.05) is 25.4 Å². The van der Waals surface area contributed by atoms with Crippen molar-refractivity contribution in [3.8, 4) is 5.88 Å². The van der Waals surface area contributed by atoms with Crippen LogP contribution in [0.25, 0.3) is 0 Å². The maximum Gasteiger partial charge on any atom is 0.422 e. The Labute approximate surface area is 127 Å². The molecule has 0 aliphatic heterocycles. The number of aliphatic imine (C=N–C) groups is 1. The number of nitrogens with one attached hydrogen (secondary N) is 2. The summed E-state index contributed by atoms with van der Waals surface area (Å²) in [6, 6.07) is 3.10. The Kier molecular flexibility index (Phi) is 7.21. The zero-order valence-corrected chi connectivity index (χ0v) is 12.3. The van der Waals surface area contributed by atoms with Gasteiger partial charge in [0.05, 0.1) is 6.54 Å². The predicted octanol–water partition coefficient (Wildman–Crippen LogP) is 2.26. The van der Waals surface area contributed by atoms with Gasteiger partial charge >= 0.3 is 6.18 Å². The number of alkyl halides is 3. The van der Waals surface area contributed by atoms with Crippen LogP contribution in [0, 0.1) is 0 Å². The maximum atomic E-state index is 12.1. The number of aromatic nitrogens is 1. The highest BCUT2D eigenvalue weighted by Gasteiger charge is 2.28. The van der Waals surface area contributed by atoms with E-state index in [2.05, 4.69) is 31.9 Å². The summed E-state index contributed by atoms with van der Waals surface area (Å²) in [5.74, 6) is 0.519. The molecule has 0 bridgehead atoms. The molecule has 0 radical (unpaired) electrons. The molecule has 0 saturated heterocycles. The molecule has 1 aromatic rings. The Morgan fingerprint density at radius 3 is 2.86 bits per heavy atom. The van der Waals surface area contributed by atoms with Crippen molar-refractivity contribution < 1.29 is 17.9 Å². The third kappa shape index (κ3) is 7.51. The minimum atomic E-state index is -4.39. The van der Waals surface area contributed by atoms with Crippen LogP contribution in [-0.4, -0.2) is 36.8 Å². The molecule has 2 N–H and O–H groups in total. The smallest absolute Gasteiger partial charge is 0.422 e. The molecule has 0 amide bonds. The normalized spacial score (nSPS) is 11.9. The molecule has 0 aliphatic carbocycles. The van der Waals surface area contributed by atoms with E-state index in [1.54, 1.807) is 12.1 Å². The first-order valence-corrected chi connectivity index (χ1v) is 6.72. The Morgan fingerprint density at radius 2 is 2.23 bits per heavy atom. The van der Waals surface area contributed by atoms with Crippen molar-refractivity contribution in [1.29, 1.82) is 0 Å². The van der Waals surface area contributed by atoms with Gasteiger partial charge in [0.1, 0.15) is 0 Å². The van der Waals surface area contributed by atoms with Crippen LogP contribution in [0.1, 0.15) is 12.5 Å². The lowest BCUT2D eigenvalue weighted by molar-refractivity contribution is -0.154. The molecule has 0 fully saturated rings. The number of guanidine groups is 1. The summed E-state index contributed by atoms with van der Waals surface area (Å²) >= 11 is 0. The van der Waals surface area contributed by atoms with Crippen molar-refractivity contribution in [2.75, 3.05) is 19.7 Å². The fourth-order valence-electron chi connectivity index (χ4n) is 1.46. The fourth-order valence-corrected chi connectivity index (χ4v) is 1.46. The summed E-state index contributed by atoms with van der Waals surface area (Å²) in [4.78, 5) is 8.05. The lowest BCUT2D eigenvalue weighted by Crippen LogP contribution is -2.37. The molecular weight excluding hydrogens is 297 g/mol. The quantitative estimate of drug-likeness (QED) is 0.460. The molecule has 5 nitrogen and oxygen atoms in total. The Hall–Kier alpha value is -2.25. The highest BCUT2D eigenvalue weighted by atomic mass is 19.4. The highest BCUT2D eigenvalue weighted by molar-refractivity contribution is 5.79. The Balaban J connectivity index is 2.65. The zero-order valence-electron chi connectivity index (χ0n) is 12.3. The van der Waals surface area contributed by atoms with Crippen LogP contribution in [0.2, 0.25) is 0 Å². The van der Waals surface area contributed by atoms with E-state index in [0.717, 1.165) is 0 Å². The fraction of sp³-hybridized carbons (Fsp3) is 0.429. The Bertz CT molecular complexity index is 503. The van der Waals surface area contributed by atoms with Crippen molar-refractivity contribution in [1.82, 2.24) is 15.6 Å². The summed E-state index contributed by atoms with van der Waals surface area (Å²) < 4.78 is 40.9. The zero-order chi connectivity index (χ0) is 16.4. The first kappa shape index (κ1) is 17.8. The number of ether oxygens (including phenoxy) is 1. The largest absolute Gasteiger partial charge is 0.468 e. The van der Waals surface area contributed by atoms with Crippen LogP contribution in [0.5, 0.6) is 5.88 Å². The van der Waals surface area contributed by atoms with Gasteiger partial charge in [-0.3, -0.25) is 0 Å². The molecule has 22 heavy (non-hydrogen) atoms. The monoisotopic (exact) mass is 316 g/mol. The molecule has 1 heterocycles. The number of hydrogen-bond acceptors (Lipinski definition) is 3. The molecule has 1 aromatic heterocycles. The van der Waals surface area contributed by atoms with Crippen molar-refractivity contribution >= 4 is 5.96 Å². The van der Waals surface area contributed by atoms with Gasteiger partial charge in [0.25, 0.3) is 0 Å². The molecule has 0 atom stereocenters. The number of nitrogens with zero attached hydrogens (tertiary/aromatic N) is 2. The number of halogens is 3. The van der Waals surface area contributed by atoms with Gasteiger partial charge in [-0.2, -0.15) is 13.2 Å². The minimum Gasteiger partial charge on any atom is -0.468 e. The van der Waals surface area contributed by atoms with Crippen molar-refractivity contribution in [3.63, 3.8) is 0 Å². The average molecular weight is 316 g/mol. The third-order valence-electron chi connectivity index (χ3n) is 2.36. The van der Waals surface area contributed by atoms with Gasteiger partial charge in [0.2, 0.25) is 5.88 Å². The summed E-state index contributed by atoms with van der Waals surface area (Å²) in [7, 11) is 0. The van der Waals surface area contributed by atoms with Crippen LogP contribution in [0.15, 0.2) is 36.0 Å². The van der Waals surface area contributed by atoms with Crippen molar-refractivity contribution in [2.45, 2.75) is 19.6 Å². The third-order valence-corrected chi connectivity index (χ3v) is 2.36. The first-order chi connectivity index (χ1) is 10.4. The number of hydrogen-bond donors (Lipinski definition) is 2. The summed E-state index contributed by atoms with van der Waals surface area (Å²) in [5.41, 5.74) is 0.697. The molecule has 0 aromatic carbocycles. The molecule has 8 heteroatoms. The first-order valence-electron chi connectivity index (χ1n) is 6.72. The van der Waals surface area contributed by atoms with E-state index in [1.165, 1.54) is 12.3 Å². The predicted molar refractivity (Wildman–Crippen MR) is 78.8 cm³/mol. The van der Waals surface area contributed by atoms with Crippen LogP contribution in [0.4, 0.5) is 13.2 Å². The van der Waals surface area contributed by atoms with E-state index in [-0.39, 0.29) is 12.4 Å². The van der Waals surface area contributed by atoms with Gasteiger partial charge in [-0.05, 0) is 18.6 Å². The Morgan fingerprint density at radius 1 is 1.45 bits per heavy atom. The lowest BCUT2D eigenvalue weighted by Gasteiger charge is -2.10. The van der Waals surface area contributed by atoms with E-state index in [1.807, 2.05) is 6.92 Å². The van der Waals surface area contributed by atoms with E-state index in [0.29, 0.717) is 24.6 Å². The van der Waals surface area contributed by atoms with Gasteiger partial charge in [0.15, 0.2) is 12.6 Å². The van der Waals surface area contributed by atoms with Gasteiger partial charge in [-0.25, -0.2) is 9.98 Å². The van der Waals surface area contributed by atoms with E-state index < -0.39 is 12.8 Å². The van der Waals surface area contributed by atoms with Crippen LogP contribution < -0.4 is 15.4 Å². The van der Waals surface area contributed by atoms with Gasteiger partial charge in [-0.15, -0.1) is 6.58 Å².